The number of aromatic nitrogens is 4. The Bertz CT molecular complexity index is 703. The average Bonchev–Trinajstić information content (AvgIpc) is 2.95. The van der Waals surface area contributed by atoms with Crippen molar-refractivity contribution in [3.63, 3.8) is 0 Å². The lowest BCUT2D eigenvalue weighted by Crippen LogP contribution is -2.43. The van der Waals surface area contributed by atoms with E-state index in [9.17, 15) is 4.79 Å². The van der Waals surface area contributed by atoms with Crippen molar-refractivity contribution in [2.75, 3.05) is 5.75 Å². The van der Waals surface area contributed by atoms with E-state index in [0.717, 1.165) is 5.69 Å². The largest absolute Gasteiger partial charge is 0.337 e. The molecule has 0 aliphatic carbocycles. The molecule has 1 aromatic heterocycles. The molecule has 0 N–H and O–H groups in total. The second kappa shape index (κ2) is 7.79. The number of rotatable bonds is 6. The van der Waals surface area contributed by atoms with Crippen molar-refractivity contribution >= 4 is 17.7 Å². The first-order chi connectivity index (χ1) is 11.3. The van der Waals surface area contributed by atoms with Gasteiger partial charge in [0.05, 0.1) is 11.4 Å². The maximum Gasteiger partial charge on any atom is 0.233 e. The van der Waals surface area contributed by atoms with Crippen molar-refractivity contribution in [3.05, 3.63) is 29.3 Å². The molecule has 24 heavy (non-hydrogen) atoms. The Balaban J connectivity index is 2.13. The van der Waals surface area contributed by atoms with Gasteiger partial charge in [-0.15, -0.1) is 5.10 Å². The molecule has 0 saturated heterocycles. The summed E-state index contributed by atoms with van der Waals surface area (Å²) >= 11 is 1.37. The maximum absolute atomic E-state index is 12.5. The van der Waals surface area contributed by atoms with Gasteiger partial charge in [0.15, 0.2) is 0 Å². The molecule has 0 unspecified atom stereocenters. The van der Waals surface area contributed by atoms with Crippen LogP contribution in [0.2, 0.25) is 0 Å². The van der Waals surface area contributed by atoms with Crippen molar-refractivity contribution in [3.8, 4) is 5.69 Å². The van der Waals surface area contributed by atoms with Crippen LogP contribution >= 0.6 is 11.8 Å². The molecule has 1 aromatic carbocycles. The van der Waals surface area contributed by atoms with Crippen LogP contribution in [0.4, 0.5) is 0 Å². The van der Waals surface area contributed by atoms with Crippen LogP contribution in [0.3, 0.4) is 0 Å². The lowest BCUT2D eigenvalue weighted by Gasteiger charge is -2.30. The van der Waals surface area contributed by atoms with Crippen LogP contribution in [0.1, 0.15) is 38.8 Å². The molecule has 130 valence electrons. The van der Waals surface area contributed by atoms with Gasteiger partial charge in [-0.25, -0.2) is 0 Å². The van der Waals surface area contributed by atoms with E-state index in [4.69, 9.17) is 0 Å². The predicted molar refractivity (Wildman–Crippen MR) is 96.5 cm³/mol. The minimum atomic E-state index is 0.0969. The number of tetrazole rings is 1. The van der Waals surface area contributed by atoms with Crippen LogP contribution in [0.15, 0.2) is 23.4 Å². The van der Waals surface area contributed by atoms with Gasteiger partial charge in [0.2, 0.25) is 11.1 Å². The number of hydrogen-bond acceptors (Lipinski definition) is 5. The highest BCUT2D eigenvalue weighted by molar-refractivity contribution is 7.99. The number of benzene rings is 1. The molecule has 0 aliphatic rings. The van der Waals surface area contributed by atoms with E-state index in [1.54, 1.807) is 4.68 Å². The fourth-order valence-corrected chi connectivity index (χ4v) is 3.42. The van der Waals surface area contributed by atoms with Crippen LogP contribution < -0.4 is 0 Å². The number of thioether (sulfide) groups is 1. The van der Waals surface area contributed by atoms with Crippen molar-refractivity contribution in [2.45, 2.75) is 58.8 Å². The number of carbonyl (C=O) groups excluding carboxylic acids is 1. The van der Waals surface area contributed by atoms with Crippen LogP contribution in [0.25, 0.3) is 5.69 Å². The van der Waals surface area contributed by atoms with Crippen molar-refractivity contribution < 1.29 is 4.79 Å². The molecule has 1 heterocycles. The SMILES string of the molecule is Cc1ccc(-n2nnnc2SCC(=O)N(C(C)C)C(C)C)cc1C. The summed E-state index contributed by atoms with van der Waals surface area (Å²) in [6.07, 6.45) is 0. The van der Waals surface area contributed by atoms with E-state index in [1.807, 2.05) is 50.8 Å². The number of nitrogens with zero attached hydrogens (tertiary/aromatic N) is 5. The van der Waals surface area contributed by atoms with Crippen molar-refractivity contribution in [2.24, 2.45) is 0 Å². The summed E-state index contributed by atoms with van der Waals surface area (Å²) in [5.41, 5.74) is 3.31. The first kappa shape index (κ1) is 18.4. The first-order valence-corrected chi connectivity index (χ1v) is 9.09. The smallest absolute Gasteiger partial charge is 0.233 e. The molecule has 7 heteroatoms. The first-order valence-electron chi connectivity index (χ1n) is 8.11. The fraction of sp³-hybridized carbons (Fsp3) is 0.529. The Labute approximate surface area is 147 Å². The summed E-state index contributed by atoms with van der Waals surface area (Å²) in [5, 5.41) is 12.5. The van der Waals surface area contributed by atoms with Gasteiger partial charge in [-0.05, 0) is 75.2 Å². The molecule has 6 nitrogen and oxygen atoms in total. The van der Waals surface area contributed by atoms with Crippen LogP contribution in [-0.4, -0.2) is 48.9 Å². The Kier molecular flexibility index (Phi) is 5.99. The third-order valence-electron chi connectivity index (χ3n) is 3.90. The molecule has 0 atom stereocenters. The number of hydrogen-bond donors (Lipinski definition) is 0. The van der Waals surface area contributed by atoms with Crippen molar-refractivity contribution in [1.82, 2.24) is 25.1 Å². The van der Waals surface area contributed by atoms with Crippen LogP contribution in [-0.2, 0) is 4.79 Å². The van der Waals surface area contributed by atoms with Gasteiger partial charge >= 0.3 is 0 Å². The van der Waals surface area contributed by atoms with Gasteiger partial charge in [0, 0.05) is 12.1 Å². The van der Waals surface area contributed by atoms with E-state index in [0.29, 0.717) is 10.9 Å². The standard InChI is InChI=1S/C17H25N5OS/c1-11(2)21(12(3)4)16(23)10-24-17-18-19-20-22(17)15-8-7-13(5)14(6)9-15/h7-9,11-12H,10H2,1-6H3. The van der Waals surface area contributed by atoms with Crippen LogP contribution in [0.5, 0.6) is 0 Å². The summed E-state index contributed by atoms with van der Waals surface area (Å²) < 4.78 is 1.68. The molecular formula is C17H25N5OS. The lowest BCUT2D eigenvalue weighted by molar-refractivity contribution is -0.131. The lowest BCUT2D eigenvalue weighted by atomic mass is 10.1. The van der Waals surface area contributed by atoms with Gasteiger partial charge in [-0.1, -0.05) is 17.8 Å². The molecule has 0 bridgehead atoms. The summed E-state index contributed by atoms with van der Waals surface area (Å²) in [6, 6.07) is 6.43. The second-order valence-electron chi connectivity index (χ2n) is 6.42. The molecular weight excluding hydrogens is 322 g/mol. The Morgan fingerprint density at radius 3 is 2.42 bits per heavy atom. The molecule has 0 spiro atoms. The van der Waals surface area contributed by atoms with Gasteiger partial charge in [-0.2, -0.15) is 4.68 Å². The summed E-state index contributed by atoms with van der Waals surface area (Å²) in [5.74, 6) is 0.418. The van der Waals surface area contributed by atoms with Gasteiger partial charge in [-0.3, -0.25) is 4.79 Å². The molecule has 1 amide bonds. The monoisotopic (exact) mass is 347 g/mol. The zero-order valence-electron chi connectivity index (χ0n) is 15.1. The fourth-order valence-electron chi connectivity index (χ4n) is 2.66. The van der Waals surface area contributed by atoms with E-state index < -0.39 is 0 Å². The maximum atomic E-state index is 12.5. The molecule has 0 radical (unpaired) electrons. The van der Waals surface area contributed by atoms with Gasteiger partial charge in [0.25, 0.3) is 0 Å². The highest BCUT2D eigenvalue weighted by Gasteiger charge is 2.21. The highest BCUT2D eigenvalue weighted by Crippen LogP contribution is 2.21. The Morgan fingerprint density at radius 1 is 1.17 bits per heavy atom. The zero-order chi connectivity index (χ0) is 17.9. The molecule has 2 rings (SSSR count). The average molecular weight is 347 g/mol. The van der Waals surface area contributed by atoms with Gasteiger partial charge in [0.1, 0.15) is 0 Å². The van der Waals surface area contributed by atoms with Crippen molar-refractivity contribution in [1.29, 1.82) is 0 Å². The zero-order valence-corrected chi connectivity index (χ0v) is 16.0. The molecule has 0 aliphatic heterocycles. The second-order valence-corrected chi connectivity index (χ2v) is 7.36. The topological polar surface area (TPSA) is 63.9 Å². The minimum absolute atomic E-state index is 0.0969. The highest BCUT2D eigenvalue weighted by atomic mass is 32.2. The number of aryl methyl sites for hydroxylation is 2. The van der Waals surface area contributed by atoms with E-state index in [1.165, 1.54) is 22.9 Å². The summed E-state index contributed by atoms with van der Waals surface area (Å²) in [6.45, 7) is 12.2. The molecule has 0 fully saturated rings. The van der Waals surface area contributed by atoms with E-state index in [-0.39, 0.29) is 18.0 Å². The van der Waals surface area contributed by atoms with Crippen LogP contribution in [0, 0.1) is 13.8 Å². The number of carbonyl (C=O) groups is 1. The Hall–Kier alpha value is -1.89. The third-order valence-corrected chi connectivity index (χ3v) is 4.81. The normalized spacial score (nSPS) is 11.3. The minimum Gasteiger partial charge on any atom is -0.337 e. The Morgan fingerprint density at radius 2 is 1.83 bits per heavy atom. The summed E-state index contributed by atoms with van der Waals surface area (Å²) in [7, 11) is 0. The third kappa shape index (κ3) is 4.14. The number of amides is 1. The summed E-state index contributed by atoms with van der Waals surface area (Å²) in [4.78, 5) is 14.4. The predicted octanol–water partition coefficient (Wildman–Crippen LogP) is 3.02. The van der Waals surface area contributed by atoms with Gasteiger partial charge < -0.3 is 4.90 Å². The quantitative estimate of drug-likeness (QED) is 0.752. The molecule has 2 aromatic rings. The molecule has 0 saturated carbocycles. The van der Waals surface area contributed by atoms with E-state index >= 15 is 0 Å². The van der Waals surface area contributed by atoms with E-state index in [2.05, 4.69) is 29.4 Å².